The molecule has 6 heteroatoms. The lowest BCUT2D eigenvalue weighted by molar-refractivity contribution is -0.383. The Bertz CT molecular complexity index is 843. The number of para-hydroxylation sites is 2. The average Bonchev–Trinajstić information content (AvgIpc) is 2.48. The molecule has 0 radical (unpaired) electrons. The molecule has 0 saturated heterocycles. The summed E-state index contributed by atoms with van der Waals surface area (Å²) in [6, 6.07) is 10.4. The highest BCUT2D eigenvalue weighted by Crippen LogP contribution is 2.41. The van der Waals surface area contributed by atoms with E-state index in [2.05, 4.69) is 10.6 Å². The molecule has 1 aliphatic heterocycles. The van der Waals surface area contributed by atoms with Gasteiger partial charge in [-0.25, -0.2) is 0 Å². The van der Waals surface area contributed by atoms with Gasteiger partial charge >= 0.3 is 0 Å². The van der Waals surface area contributed by atoms with Crippen LogP contribution in [-0.2, 0) is 10.2 Å². The Kier molecular flexibility index (Phi) is 3.75. The maximum Gasteiger partial charge on any atom is 0.292 e. The molecule has 1 amide bonds. The van der Waals surface area contributed by atoms with Gasteiger partial charge in [-0.05, 0) is 36.2 Å². The number of carbonyl (C=O) groups excluding carboxylic acids is 1. The van der Waals surface area contributed by atoms with Crippen LogP contribution >= 0.6 is 0 Å². The first kappa shape index (κ1) is 16.0. The van der Waals surface area contributed by atoms with Crippen LogP contribution in [0, 0.1) is 17.0 Å². The molecule has 0 aliphatic carbocycles. The number of aryl methyl sites for hydroxylation is 1. The summed E-state index contributed by atoms with van der Waals surface area (Å²) in [5, 5.41) is 17.2. The van der Waals surface area contributed by atoms with Gasteiger partial charge in [0.1, 0.15) is 5.69 Å². The Labute approximate surface area is 140 Å². The standard InChI is InChI=1S/C18H19N3O3/c1-11-8-12(19-14-6-4-5-7-15(14)21(23)24)9-13-17(11)20-16(22)10-18(13,2)3/h4-9,19H,10H2,1-3H3,(H,20,22). The Balaban J connectivity index is 2.05. The van der Waals surface area contributed by atoms with E-state index in [1.165, 1.54) is 6.07 Å². The predicted octanol–water partition coefficient (Wildman–Crippen LogP) is 4.27. The first-order valence-corrected chi connectivity index (χ1v) is 7.73. The van der Waals surface area contributed by atoms with Crippen molar-refractivity contribution in [1.82, 2.24) is 0 Å². The molecular weight excluding hydrogens is 306 g/mol. The zero-order valence-corrected chi connectivity index (χ0v) is 13.8. The lowest BCUT2D eigenvalue weighted by Crippen LogP contribution is -2.33. The van der Waals surface area contributed by atoms with E-state index in [9.17, 15) is 14.9 Å². The van der Waals surface area contributed by atoms with Gasteiger partial charge in [0, 0.05) is 29.3 Å². The third-order valence-electron chi connectivity index (χ3n) is 4.31. The summed E-state index contributed by atoms with van der Waals surface area (Å²) in [6.07, 6.45) is 0.411. The molecule has 124 valence electrons. The number of nitro groups is 1. The molecule has 3 rings (SSSR count). The first-order chi connectivity index (χ1) is 11.3. The predicted molar refractivity (Wildman–Crippen MR) is 93.8 cm³/mol. The van der Waals surface area contributed by atoms with Gasteiger partial charge in [0.25, 0.3) is 5.69 Å². The molecule has 0 saturated carbocycles. The normalized spacial score (nSPS) is 15.4. The van der Waals surface area contributed by atoms with Gasteiger partial charge < -0.3 is 10.6 Å². The van der Waals surface area contributed by atoms with Gasteiger partial charge in [0.05, 0.1) is 4.92 Å². The van der Waals surface area contributed by atoms with Gasteiger partial charge in [-0.3, -0.25) is 14.9 Å². The lowest BCUT2D eigenvalue weighted by Gasteiger charge is -2.33. The molecule has 24 heavy (non-hydrogen) atoms. The van der Waals surface area contributed by atoms with Crippen molar-refractivity contribution in [2.45, 2.75) is 32.6 Å². The van der Waals surface area contributed by atoms with E-state index < -0.39 is 4.92 Å². The fourth-order valence-electron chi connectivity index (χ4n) is 3.13. The molecule has 1 aliphatic rings. The summed E-state index contributed by atoms with van der Waals surface area (Å²) < 4.78 is 0. The van der Waals surface area contributed by atoms with Crippen molar-refractivity contribution in [2.75, 3.05) is 10.6 Å². The number of anilines is 3. The highest BCUT2D eigenvalue weighted by atomic mass is 16.6. The van der Waals surface area contributed by atoms with Gasteiger partial charge in [0.15, 0.2) is 0 Å². The number of fused-ring (bicyclic) bond motifs is 1. The van der Waals surface area contributed by atoms with Crippen molar-refractivity contribution in [3.8, 4) is 0 Å². The smallest absolute Gasteiger partial charge is 0.292 e. The number of carbonyl (C=O) groups is 1. The lowest BCUT2D eigenvalue weighted by atomic mass is 9.77. The van der Waals surface area contributed by atoms with Crippen LogP contribution in [0.25, 0.3) is 0 Å². The number of nitrogens with one attached hydrogen (secondary N) is 2. The first-order valence-electron chi connectivity index (χ1n) is 7.73. The summed E-state index contributed by atoms with van der Waals surface area (Å²) in [7, 11) is 0. The van der Waals surface area contributed by atoms with Crippen molar-refractivity contribution in [3.63, 3.8) is 0 Å². The van der Waals surface area contributed by atoms with Crippen LogP contribution in [0.1, 0.15) is 31.4 Å². The van der Waals surface area contributed by atoms with Crippen LogP contribution in [-0.4, -0.2) is 10.8 Å². The highest BCUT2D eigenvalue weighted by Gasteiger charge is 2.33. The van der Waals surface area contributed by atoms with E-state index in [0.29, 0.717) is 12.1 Å². The molecule has 0 fully saturated rings. The second kappa shape index (κ2) is 5.63. The molecule has 0 bridgehead atoms. The van der Waals surface area contributed by atoms with E-state index in [-0.39, 0.29) is 17.0 Å². The third-order valence-corrected chi connectivity index (χ3v) is 4.31. The quantitative estimate of drug-likeness (QED) is 0.652. The zero-order valence-electron chi connectivity index (χ0n) is 13.8. The minimum Gasteiger partial charge on any atom is -0.350 e. The second-order valence-electron chi connectivity index (χ2n) is 6.72. The third kappa shape index (κ3) is 2.82. The molecule has 0 atom stereocenters. The molecular formula is C18H19N3O3. The van der Waals surface area contributed by atoms with E-state index in [1.54, 1.807) is 18.2 Å². The van der Waals surface area contributed by atoms with Crippen LogP contribution in [0.5, 0.6) is 0 Å². The summed E-state index contributed by atoms with van der Waals surface area (Å²) in [6.45, 7) is 5.97. The summed E-state index contributed by atoms with van der Waals surface area (Å²) >= 11 is 0. The van der Waals surface area contributed by atoms with E-state index in [4.69, 9.17) is 0 Å². The molecule has 2 aromatic rings. The summed E-state index contributed by atoms with van der Waals surface area (Å²) in [5.74, 6) is 0.00927. The number of nitro benzene ring substituents is 1. The largest absolute Gasteiger partial charge is 0.350 e. The summed E-state index contributed by atoms with van der Waals surface area (Å²) in [5.41, 5.74) is 3.75. The number of hydrogen-bond donors (Lipinski definition) is 2. The van der Waals surface area contributed by atoms with Gasteiger partial charge in [0.2, 0.25) is 5.91 Å². The SMILES string of the molecule is Cc1cc(Nc2ccccc2[N+](=O)[O-])cc2c1NC(=O)CC2(C)C. The van der Waals surface area contributed by atoms with Crippen molar-refractivity contribution < 1.29 is 9.72 Å². The average molecular weight is 325 g/mol. The van der Waals surface area contributed by atoms with Gasteiger partial charge in [-0.2, -0.15) is 0 Å². The maximum atomic E-state index is 11.9. The van der Waals surface area contributed by atoms with Crippen LogP contribution in [0.15, 0.2) is 36.4 Å². The second-order valence-corrected chi connectivity index (χ2v) is 6.72. The number of nitrogens with zero attached hydrogens (tertiary/aromatic N) is 1. The van der Waals surface area contributed by atoms with Gasteiger partial charge in [-0.1, -0.05) is 26.0 Å². The highest BCUT2D eigenvalue weighted by molar-refractivity contribution is 5.97. The Hall–Kier alpha value is -2.89. The van der Waals surface area contributed by atoms with Crippen LogP contribution in [0.3, 0.4) is 0 Å². The Morgan fingerprint density at radius 2 is 1.96 bits per heavy atom. The number of amides is 1. The maximum absolute atomic E-state index is 11.9. The van der Waals surface area contributed by atoms with Crippen molar-refractivity contribution >= 4 is 28.7 Å². The van der Waals surface area contributed by atoms with Crippen LogP contribution < -0.4 is 10.6 Å². The number of hydrogen-bond acceptors (Lipinski definition) is 4. The zero-order chi connectivity index (χ0) is 17.5. The molecule has 6 nitrogen and oxygen atoms in total. The van der Waals surface area contributed by atoms with Crippen molar-refractivity contribution in [2.24, 2.45) is 0 Å². The molecule has 1 heterocycles. The number of rotatable bonds is 3. The Morgan fingerprint density at radius 3 is 2.67 bits per heavy atom. The fraction of sp³-hybridized carbons (Fsp3) is 0.278. The van der Waals surface area contributed by atoms with Gasteiger partial charge in [-0.15, -0.1) is 0 Å². The van der Waals surface area contributed by atoms with Crippen LogP contribution in [0.2, 0.25) is 0 Å². The molecule has 2 aromatic carbocycles. The molecule has 0 aromatic heterocycles. The summed E-state index contributed by atoms with van der Waals surface area (Å²) in [4.78, 5) is 22.7. The van der Waals surface area contributed by atoms with E-state index >= 15 is 0 Å². The Morgan fingerprint density at radius 1 is 1.25 bits per heavy atom. The van der Waals surface area contributed by atoms with E-state index in [1.807, 2.05) is 32.9 Å². The topological polar surface area (TPSA) is 84.3 Å². The molecule has 2 N–H and O–H groups in total. The monoisotopic (exact) mass is 325 g/mol. The molecule has 0 unspecified atom stereocenters. The van der Waals surface area contributed by atoms with Crippen molar-refractivity contribution in [3.05, 3.63) is 57.6 Å². The minimum atomic E-state index is -0.405. The molecule has 0 spiro atoms. The van der Waals surface area contributed by atoms with Crippen LogP contribution in [0.4, 0.5) is 22.7 Å². The van der Waals surface area contributed by atoms with E-state index in [0.717, 1.165) is 22.5 Å². The van der Waals surface area contributed by atoms with Crippen molar-refractivity contribution in [1.29, 1.82) is 0 Å². The minimum absolute atomic E-state index is 0.00927. The number of benzene rings is 2. The fourth-order valence-corrected chi connectivity index (χ4v) is 3.13.